The van der Waals surface area contributed by atoms with Crippen LogP contribution in [0.15, 0.2) is 0 Å². The molecule has 0 radical (unpaired) electrons. The van der Waals surface area contributed by atoms with E-state index in [9.17, 15) is 8.42 Å². The van der Waals surface area contributed by atoms with Crippen LogP contribution in [0, 0.1) is 0 Å². The summed E-state index contributed by atoms with van der Waals surface area (Å²) in [6, 6.07) is 0.131. The first-order valence-corrected chi connectivity index (χ1v) is 6.28. The van der Waals surface area contributed by atoms with Gasteiger partial charge >= 0.3 is 6.01 Å². The Morgan fingerprint density at radius 2 is 2.20 bits per heavy atom. The van der Waals surface area contributed by atoms with Gasteiger partial charge in [0.25, 0.3) is 0 Å². The van der Waals surface area contributed by atoms with Crippen molar-refractivity contribution in [2.45, 2.75) is 20.3 Å². The third-order valence-corrected chi connectivity index (χ3v) is 2.91. The Hall–Kier alpha value is -1.31. The van der Waals surface area contributed by atoms with Gasteiger partial charge in [0, 0.05) is 0 Å². The number of rotatable bonds is 6. The minimum Gasteiger partial charge on any atom is -0.463 e. The van der Waals surface area contributed by atoms with E-state index in [1.54, 1.807) is 13.8 Å². The fourth-order valence-corrected chi connectivity index (χ4v) is 1.98. The maximum Gasteiger partial charge on any atom is 0.337 e. The molecular formula is C7H14N4O3S. The Kier molecular flexibility index (Phi) is 3.89. The summed E-state index contributed by atoms with van der Waals surface area (Å²) in [5.41, 5.74) is 0. The molecule has 15 heavy (non-hydrogen) atoms. The van der Waals surface area contributed by atoms with Crippen molar-refractivity contribution >= 4 is 16.0 Å². The van der Waals surface area contributed by atoms with Crippen LogP contribution in [0.2, 0.25) is 0 Å². The van der Waals surface area contributed by atoms with Crippen LogP contribution in [0.3, 0.4) is 0 Å². The third-order valence-electron chi connectivity index (χ3n) is 1.46. The van der Waals surface area contributed by atoms with E-state index >= 15 is 0 Å². The monoisotopic (exact) mass is 234 g/mol. The highest BCUT2D eigenvalue weighted by Crippen LogP contribution is 2.07. The summed E-state index contributed by atoms with van der Waals surface area (Å²) in [6.07, 6.45) is 0.543. The molecule has 0 aliphatic rings. The lowest BCUT2D eigenvalue weighted by atomic mass is 10.6. The van der Waals surface area contributed by atoms with E-state index in [2.05, 4.69) is 19.9 Å². The van der Waals surface area contributed by atoms with Crippen LogP contribution >= 0.6 is 0 Å². The lowest BCUT2D eigenvalue weighted by Gasteiger charge is -2.01. The molecule has 0 fully saturated rings. The summed E-state index contributed by atoms with van der Waals surface area (Å²) in [6.45, 7) is 4.00. The maximum atomic E-state index is 11.3. The van der Waals surface area contributed by atoms with Crippen LogP contribution < -0.4 is 9.46 Å². The minimum absolute atomic E-state index is 0.0532. The molecule has 7 nitrogen and oxygen atoms in total. The normalized spacial score (nSPS) is 11.3. The Morgan fingerprint density at radius 1 is 1.47 bits per heavy atom. The predicted octanol–water partition coefficient (Wildman–Crippen LogP) is 0.355. The largest absolute Gasteiger partial charge is 0.463 e. The molecule has 2 N–H and O–H groups in total. The number of nitrogens with zero attached hydrogens (tertiary/aromatic N) is 2. The zero-order valence-electron chi connectivity index (χ0n) is 8.65. The molecule has 0 amide bonds. The van der Waals surface area contributed by atoms with Crippen LogP contribution in [0.1, 0.15) is 20.3 Å². The molecule has 0 aliphatic carbocycles. The summed E-state index contributed by atoms with van der Waals surface area (Å²) < 4.78 is 29.9. The number of sulfonamides is 1. The summed E-state index contributed by atoms with van der Waals surface area (Å²) in [5, 5.41) is 6.09. The van der Waals surface area contributed by atoms with Gasteiger partial charge in [0.15, 0.2) is 0 Å². The molecule has 0 aliphatic heterocycles. The Morgan fingerprint density at radius 3 is 2.80 bits per heavy atom. The smallest absolute Gasteiger partial charge is 0.337 e. The first-order chi connectivity index (χ1) is 7.07. The van der Waals surface area contributed by atoms with Gasteiger partial charge in [0.2, 0.25) is 16.0 Å². The molecule has 0 unspecified atom stereocenters. The van der Waals surface area contributed by atoms with Crippen molar-refractivity contribution in [1.29, 1.82) is 0 Å². The van der Waals surface area contributed by atoms with Crippen LogP contribution in [-0.4, -0.2) is 36.0 Å². The first-order valence-electron chi connectivity index (χ1n) is 4.63. The second-order valence-electron chi connectivity index (χ2n) is 2.82. The van der Waals surface area contributed by atoms with E-state index < -0.39 is 10.0 Å². The number of hydrogen-bond donors (Lipinski definition) is 2. The quantitative estimate of drug-likeness (QED) is 0.740. The van der Waals surface area contributed by atoms with E-state index in [4.69, 9.17) is 4.74 Å². The van der Waals surface area contributed by atoms with E-state index in [1.165, 1.54) is 0 Å². The van der Waals surface area contributed by atoms with Crippen LogP contribution in [0.25, 0.3) is 0 Å². The highest BCUT2D eigenvalue weighted by Gasteiger charge is 2.12. The van der Waals surface area contributed by atoms with E-state index in [0.29, 0.717) is 13.0 Å². The number of aromatic amines is 1. The highest BCUT2D eigenvalue weighted by molar-refractivity contribution is 7.92. The molecular weight excluding hydrogens is 220 g/mol. The molecule has 0 aromatic carbocycles. The van der Waals surface area contributed by atoms with E-state index in [1.807, 2.05) is 0 Å². The Balaban J connectivity index is 2.64. The molecule has 0 bridgehead atoms. The molecule has 0 saturated carbocycles. The highest BCUT2D eigenvalue weighted by atomic mass is 32.2. The number of ether oxygens (including phenoxy) is 1. The lowest BCUT2D eigenvalue weighted by Crippen LogP contribution is -2.16. The van der Waals surface area contributed by atoms with E-state index in [0.717, 1.165) is 0 Å². The van der Waals surface area contributed by atoms with Crippen molar-refractivity contribution in [3.63, 3.8) is 0 Å². The van der Waals surface area contributed by atoms with Gasteiger partial charge < -0.3 is 4.74 Å². The van der Waals surface area contributed by atoms with Gasteiger partial charge in [-0.2, -0.15) is 4.98 Å². The summed E-state index contributed by atoms with van der Waals surface area (Å²) in [7, 11) is -3.33. The number of nitrogens with one attached hydrogen (secondary N) is 2. The number of anilines is 1. The molecule has 1 aromatic heterocycles. The van der Waals surface area contributed by atoms with Crippen molar-refractivity contribution in [1.82, 2.24) is 15.2 Å². The van der Waals surface area contributed by atoms with Crippen LogP contribution in [0.5, 0.6) is 6.01 Å². The molecule has 1 rings (SSSR count). The SMILES string of the molecule is CCCS(=O)(=O)Nc1nc(OCC)n[nH]1. The van der Waals surface area contributed by atoms with Gasteiger partial charge in [-0.15, -0.1) is 5.10 Å². The van der Waals surface area contributed by atoms with Gasteiger partial charge in [-0.3, -0.25) is 4.72 Å². The van der Waals surface area contributed by atoms with Crippen molar-refractivity contribution in [3.8, 4) is 6.01 Å². The molecule has 1 aromatic rings. The second kappa shape index (κ2) is 4.96. The Bertz CT molecular complexity index is 400. The zero-order valence-corrected chi connectivity index (χ0v) is 9.47. The number of H-pyrrole nitrogens is 1. The first kappa shape index (κ1) is 11.8. The van der Waals surface area contributed by atoms with Crippen molar-refractivity contribution in [2.24, 2.45) is 0 Å². The molecule has 0 saturated heterocycles. The summed E-state index contributed by atoms with van der Waals surface area (Å²) in [4.78, 5) is 3.79. The van der Waals surface area contributed by atoms with Gasteiger partial charge in [0.1, 0.15) is 0 Å². The number of aromatic nitrogens is 3. The second-order valence-corrected chi connectivity index (χ2v) is 4.66. The van der Waals surface area contributed by atoms with Gasteiger partial charge in [-0.1, -0.05) is 6.92 Å². The number of hydrogen-bond acceptors (Lipinski definition) is 5. The Labute approximate surface area is 88.3 Å². The third kappa shape index (κ3) is 3.74. The molecule has 0 atom stereocenters. The van der Waals surface area contributed by atoms with Crippen molar-refractivity contribution in [2.75, 3.05) is 17.1 Å². The standard InChI is InChI=1S/C7H14N4O3S/c1-3-5-15(12,13)11-6-8-7(10-9-6)14-4-2/h3-5H2,1-2H3,(H2,8,9,10,11). The van der Waals surface area contributed by atoms with Crippen LogP contribution in [-0.2, 0) is 10.0 Å². The van der Waals surface area contributed by atoms with Crippen molar-refractivity contribution in [3.05, 3.63) is 0 Å². The lowest BCUT2D eigenvalue weighted by molar-refractivity contribution is 0.314. The zero-order chi connectivity index (χ0) is 11.3. The van der Waals surface area contributed by atoms with Gasteiger partial charge in [-0.25, -0.2) is 13.5 Å². The topological polar surface area (TPSA) is 97.0 Å². The van der Waals surface area contributed by atoms with E-state index in [-0.39, 0.29) is 17.7 Å². The van der Waals surface area contributed by atoms with Gasteiger partial charge in [-0.05, 0) is 13.3 Å². The summed E-state index contributed by atoms with van der Waals surface area (Å²) in [5.74, 6) is 0.129. The van der Waals surface area contributed by atoms with Crippen LogP contribution in [0.4, 0.5) is 5.95 Å². The molecule has 86 valence electrons. The summed E-state index contributed by atoms with van der Waals surface area (Å²) >= 11 is 0. The molecule has 8 heteroatoms. The maximum absolute atomic E-state index is 11.3. The molecule has 1 heterocycles. The average Bonchev–Trinajstić information content (AvgIpc) is 2.52. The minimum atomic E-state index is -3.33. The van der Waals surface area contributed by atoms with Crippen molar-refractivity contribution < 1.29 is 13.2 Å². The fourth-order valence-electron chi connectivity index (χ4n) is 0.953. The molecule has 0 spiro atoms. The fraction of sp³-hybridized carbons (Fsp3) is 0.714. The predicted molar refractivity (Wildman–Crippen MR) is 55.3 cm³/mol. The average molecular weight is 234 g/mol. The van der Waals surface area contributed by atoms with Gasteiger partial charge in [0.05, 0.1) is 12.4 Å².